The van der Waals surface area contributed by atoms with E-state index in [-0.39, 0.29) is 28.2 Å². The Hall–Kier alpha value is -3.93. The van der Waals surface area contributed by atoms with Crippen LogP contribution in [0.5, 0.6) is 0 Å². The number of hydrogen-bond donors (Lipinski definition) is 2. The Labute approximate surface area is 207 Å². The van der Waals surface area contributed by atoms with Gasteiger partial charge in [-0.05, 0) is 43.2 Å². The molecular weight excluding hydrogens is 495 g/mol. The van der Waals surface area contributed by atoms with Gasteiger partial charge in [-0.25, -0.2) is 9.78 Å². The number of carbonyl (C=O) groups excluding carboxylic acids is 3. The maximum Gasteiger partial charge on any atom is 0.416 e. The van der Waals surface area contributed by atoms with Crippen LogP contribution in [0.25, 0.3) is 10.2 Å². The number of nitrogens with one attached hydrogen (secondary N) is 2. The van der Waals surface area contributed by atoms with Gasteiger partial charge in [0.2, 0.25) is 5.91 Å². The number of nitrogens with zero attached hydrogens (tertiary/aromatic N) is 3. The number of urea groups is 1. The van der Waals surface area contributed by atoms with Crippen molar-refractivity contribution in [1.82, 2.24) is 15.2 Å². The van der Waals surface area contributed by atoms with E-state index in [0.29, 0.717) is 35.4 Å². The van der Waals surface area contributed by atoms with Crippen molar-refractivity contribution in [3.8, 4) is 0 Å². The Morgan fingerprint density at radius 2 is 2.08 bits per heavy atom. The molecule has 0 radical (unpaired) electrons. The third-order valence-corrected chi connectivity index (χ3v) is 7.22. The topological polar surface area (TPSA) is 94.6 Å². The highest BCUT2D eigenvalue weighted by Gasteiger charge is 2.35. The van der Waals surface area contributed by atoms with Gasteiger partial charge in [0.1, 0.15) is 9.71 Å². The summed E-state index contributed by atoms with van der Waals surface area (Å²) in [5.74, 6) is -0.633. The van der Waals surface area contributed by atoms with Crippen LogP contribution in [0.15, 0.2) is 49.2 Å². The number of anilines is 3. The van der Waals surface area contributed by atoms with Gasteiger partial charge < -0.3 is 15.5 Å². The van der Waals surface area contributed by atoms with Gasteiger partial charge in [0, 0.05) is 25.3 Å². The van der Waals surface area contributed by atoms with Crippen LogP contribution in [0.3, 0.4) is 0 Å². The van der Waals surface area contributed by atoms with Crippen LogP contribution < -0.4 is 15.5 Å². The van der Waals surface area contributed by atoms with E-state index >= 15 is 0 Å². The van der Waals surface area contributed by atoms with Crippen molar-refractivity contribution in [3.63, 3.8) is 0 Å². The second-order valence-electron chi connectivity index (χ2n) is 8.43. The summed E-state index contributed by atoms with van der Waals surface area (Å²) < 4.78 is 39.8. The molecule has 1 atom stereocenters. The number of piperidine rings is 1. The molecular formula is C24H20F3N5O3S. The fraction of sp³-hybridized carbons (Fsp3) is 0.250. The van der Waals surface area contributed by atoms with E-state index in [4.69, 9.17) is 0 Å². The Bertz CT molecular complexity index is 1400. The van der Waals surface area contributed by atoms with Gasteiger partial charge in [0.05, 0.1) is 28.0 Å². The number of benzene rings is 1. The highest BCUT2D eigenvalue weighted by Crippen LogP contribution is 2.46. The van der Waals surface area contributed by atoms with Gasteiger partial charge in [-0.3, -0.25) is 14.5 Å². The maximum atomic E-state index is 13.3. The van der Waals surface area contributed by atoms with Crippen molar-refractivity contribution in [2.45, 2.75) is 25.1 Å². The molecule has 1 saturated heterocycles. The molecule has 8 nitrogen and oxygen atoms in total. The summed E-state index contributed by atoms with van der Waals surface area (Å²) in [6.07, 6.45) is -0.484. The normalized spacial score (nSPS) is 17.6. The summed E-state index contributed by atoms with van der Waals surface area (Å²) in [4.78, 5) is 46.0. The van der Waals surface area contributed by atoms with E-state index in [0.717, 1.165) is 34.8 Å². The van der Waals surface area contributed by atoms with Crippen molar-refractivity contribution in [3.05, 3.63) is 59.6 Å². The standard InChI is InChI=1S/C24H20F3N5O3S/c1-2-17(33)31-10-4-6-14(12-31)29-21(34)20-19-18-16(8-9-28-22(18)36-20)32(23(35)30-19)15-7-3-5-13(11-15)24(25,26)27/h2-3,5,7-9,11,14H,1,4,6,10,12H2,(H,29,34)(H,30,35)/t14-/m1/s1. The average molecular weight is 516 g/mol. The second kappa shape index (κ2) is 8.94. The van der Waals surface area contributed by atoms with E-state index in [1.54, 1.807) is 4.90 Å². The molecule has 3 aromatic rings. The van der Waals surface area contributed by atoms with Gasteiger partial charge in [-0.15, -0.1) is 11.3 Å². The van der Waals surface area contributed by atoms with E-state index in [1.807, 2.05) is 0 Å². The lowest BCUT2D eigenvalue weighted by Gasteiger charge is -2.32. The zero-order chi connectivity index (χ0) is 25.6. The van der Waals surface area contributed by atoms with Crippen LogP contribution in [0.4, 0.5) is 35.0 Å². The molecule has 0 aliphatic carbocycles. The van der Waals surface area contributed by atoms with E-state index < -0.39 is 23.7 Å². The number of likely N-dealkylation sites (tertiary alicyclic amines) is 1. The van der Waals surface area contributed by atoms with E-state index in [2.05, 4.69) is 22.2 Å². The van der Waals surface area contributed by atoms with Gasteiger partial charge in [0.15, 0.2) is 0 Å². The molecule has 5 rings (SSSR count). The van der Waals surface area contributed by atoms with Crippen molar-refractivity contribution >= 4 is 56.5 Å². The van der Waals surface area contributed by atoms with E-state index in [1.165, 1.54) is 30.5 Å². The van der Waals surface area contributed by atoms with Crippen LogP contribution in [0.1, 0.15) is 28.1 Å². The smallest absolute Gasteiger partial charge is 0.347 e. The van der Waals surface area contributed by atoms with Gasteiger partial charge in [0.25, 0.3) is 5.91 Å². The highest BCUT2D eigenvalue weighted by atomic mass is 32.1. The summed E-state index contributed by atoms with van der Waals surface area (Å²) in [6, 6.07) is 5.03. The van der Waals surface area contributed by atoms with E-state index in [9.17, 15) is 27.6 Å². The quantitative estimate of drug-likeness (QED) is 0.483. The first-order valence-electron chi connectivity index (χ1n) is 11.1. The molecule has 2 aliphatic heterocycles. The van der Waals surface area contributed by atoms with Crippen LogP contribution in [0.2, 0.25) is 0 Å². The lowest BCUT2D eigenvalue weighted by atomic mass is 10.1. The maximum absolute atomic E-state index is 13.3. The summed E-state index contributed by atoms with van der Waals surface area (Å²) >= 11 is 1.08. The molecule has 2 aliphatic rings. The third kappa shape index (κ3) is 4.17. The number of carbonyl (C=O) groups is 3. The minimum absolute atomic E-state index is 0.0341. The predicted octanol–water partition coefficient (Wildman–Crippen LogP) is 4.91. The lowest BCUT2D eigenvalue weighted by Crippen LogP contribution is -2.49. The molecule has 0 unspecified atom stereocenters. The van der Waals surface area contributed by atoms with Gasteiger partial charge in [-0.2, -0.15) is 13.2 Å². The molecule has 0 bridgehead atoms. The lowest BCUT2D eigenvalue weighted by molar-refractivity contribution is -0.137. The molecule has 1 fully saturated rings. The first-order valence-corrected chi connectivity index (χ1v) is 11.9. The molecule has 12 heteroatoms. The Morgan fingerprint density at radius 1 is 1.28 bits per heavy atom. The summed E-state index contributed by atoms with van der Waals surface area (Å²) in [5.41, 5.74) is -0.259. The van der Waals surface area contributed by atoms with Crippen LogP contribution in [-0.4, -0.2) is 46.9 Å². The first kappa shape index (κ1) is 23.8. The van der Waals surface area contributed by atoms with Crippen LogP contribution in [0, 0.1) is 0 Å². The molecule has 2 aromatic heterocycles. The number of hydrogen-bond acceptors (Lipinski definition) is 5. The number of halogens is 3. The Kier molecular flexibility index (Phi) is 5.91. The minimum atomic E-state index is -4.57. The number of thiophene rings is 1. The number of pyridine rings is 1. The van der Waals surface area contributed by atoms with Crippen LogP contribution in [-0.2, 0) is 11.0 Å². The van der Waals surface area contributed by atoms with Gasteiger partial charge >= 0.3 is 12.2 Å². The van der Waals surface area contributed by atoms with Crippen LogP contribution >= 0.6 is 11.3 Å². The summed E-state index contributed by atoms with van der Waals surface area (Å²) in [6.45, 7) is 4.43. The monoisotopic (exact) mass is 515 g/mol. The van der Waals surface area contributed by atoms with Gasteiger partial charge in [-0.1, -0.05) is 12.6 Å². The fourth-order valence-corrected chi connectivity index (χ4v) is 5.52. The molecule has 0 spiro atoms. The Morgan fingerprint density at radius 3 is 2.83 bits per heavy atom. The second-order valence-corrected chi connectivity index (χ2v) is 9.43. The zero-order valence-corrected chi connectivity index (χ0v) is 19.6. The van der Waals surface area contributed by atoms with Crippen molar-refractivity contribution < 1.29 is 27.6 Å². The number of rotatable bonds is 4. The summed E-state index contributed by atoms with van der Waals surface area (Å²) in [5, 5.41) is 6.07. The van der Waals surface area contributed by atoms with Crippen molar-refractivity contribution in [2.75, 3.05) is 23.3 Å². The predicted molar refractivity (Wildman–Crippen MR) is 129 cm³/mol. The number of alkyl halides is 3. The molecule has 186 valence electrons. The highest BCUT2D eigenvalue weighted by molar-refractivity contribution is 7.21. The molecule has 0 saturated carbocycles. The summed E-state index contributed by atoms with van der Waals surface area (Å²) in [7, 11) is 0. The number of aromatic nitrogens is 1. The average Bonchev–Trinajstić information content (AvgIpc) is 3.23. The third-order valence-electron chi connectivity index (χ3n) is 6.13. The molecule has 36 heavy (non-hydrogen) atoms. The minimum Gasteiger partial charge on any atom is -0.347 e. The molecule has 4 heterocycles. The molecule has 4 amide bonds. The fourth-order valence-electron chi connectivity index (χ4n) is 4.50. The number of amides is 4. The first-order chi connectivity index (χ1) is 17.2. The SMILES string of the molecule is C=CC(=O)N1CCC[C@@H](NC(=O)c2sc3nccc4c3c2NC(=O)N4c2cccc(C(F)(F)F)c2)C1. The largest absolute Gasteiger partial charge is 0.416 e. The van der Waals surface area contributed by atoms with Crippen molar-refractivity contribution in [2.24, 2.45) is 0 Å². The zero-order valence-electron chi connectivity index (χ0n) is 18.8. The molecule has 1 aromatic carbocycles. The molecule has 2 N–H and O–H groups in total. The Balaban J connectivity index is 1.48. The van der Waals surface area contributed by atoms with Crippen molar-refractivity contribution in [1.29, 1.82) is 0 Å².